The lowest BCUT2D eigenvalue weighted by Crippen LogP contribution is -2.30. The molecule has 0 aromatic carbocycles. The number of aryl methyl sites for hydroxylation is 2. The second-order valence-corrected chi connectivity index (χ2v) is 5.03. The van der Waals surface area contributed by atoms with E-state index in [0.717, 1.165) is 30.6 Å². The van der Waals surface area contributed by atoms with Crippen LogP contribution in [0.4, 0.5) is 0 Å². The number of likely N-dealkylation sites (tertiary alicyclic amines) is 1. The monoisotopic (exact) mass is 259 g/mol. The number of amides is 1. The Balaban J connectivity index is 1.88. The second kappa shape index (κ2) is 4.53. The van der Waals surface area contributed by atoms with Crippen LogP contribution in [0.3, 0.4) is 0 Å². The summed E-state index contributed by atoms with van der Waals surface area (Å²) < 4.78 is 1.65. The summed E-state index contributed by atoms with van der Waals surface area (Å²) in [6.45, 7) is 2.81. The molecule has 1 atom stereocenters. The van der Waals surface area contributed by atoms with Crippen LogP contribution in [0.5, 0.6) is 0 Å². The van der Waals surface area contributed by atoms with E-state index >= 15 is 0 Å². The van der Waals surface area contributed by atoms with Gasteiger partial charge in [0.15, 0.2) is 0 Å². The van der Waals surface area contributed by atoms with Gasteiger partial charge >= 0.3 is 0 Å². The number of H-pyrrole nitrogens is 1. The third kappa shape index (κ3) is 2.03. The molecule has 1 aliphatic heterocycles. The Morgan fingerprint density at radius 1 is 1.47 bits per heavy atom. The van der Waals surface area contributed by atoms with Crippen molar-refractivity contribution in [1.29, 1.82) is 0 Å². The van der Waals surface area contributed by atoms with E-state index in [1.807, 2.05) is 18.9 Å². The van der Waals surface area contributed by atoms with E-state index in [0.29, 0.717) is 5.56 Å². The molecule has 2 aromatic heterocycles. The predicted octanol–water partition coefficient (Wildman–Crippen LogP) is 1.43. The molecule has 0 radical (unpaired) electrons. The first kappa shape index (κ1) is 12.0. The maximum atomic E-state index is 12.5. The topological polar surface area (TPSA) is 66.8 Å². The van der Waals surface area contributed by atoms with Gasteiger partial charge in [0.25, 0.3) is 5.91 Å². The first-order chi connectivity index (χ1) is 9.16. The second-order valence-electron chi connectivity index (χ2n) is 5.03. The van der Waals surface area contributed by atoms with Crippen LogP contribution in [0, 0.1) is 6.92 Å². The molecule has 0 unspecified atom stereocenters. The van der Waals surface area contributed by atoms with Crippen LogP contribution in [0.2, 0.25) is 0 Å². The van der Waals surface area contributed by atoms with Crippen LogP contribution >= 0.6 is 0 Å². The molecule has 2 aromatic rings. The largest absolute Gasteiger partial charge is 0.330 e. The normalized spacial score (nSPS) is 19.1. The first-order valence-corrected chi connectivity index (χ1v) is 6.46. The summed E-state index contributed by atoms with van der Waals surface area (Å²) in [7, 11) is 1.82. The molecule has 0 bridgehead atoms. The number of carbonyl (C=O) groups excluding carboxylic acids is 1. The fourth-order valence-electron chi connectivity index (χ4n) is 2.70. The van der Waals surface area contributed by atoms with Gasteiger partial charge in [-0.15, -0.1) is 0 Å². The van der Waals surface area contributed by atoms with Gasteiger partial charge in [-0.05, 0) is 25.3 Å². The molecule has 1 N–H and O–H groups in total. The van der Waals surface area contributed by atoms with E-state index in [1.54, 1.807) is 23.3 Å². The van der Waals surface area contributed by atoms with Crippen molar-refractivity contribution in [2.75, 3.05) is 6.54 Å². The highest BCUT2D eigenvalue weighted by Crippen LogP contribution is 2.33. The fourth-order valence-corrected chi connectivity index (χ4v) is 2.70. The molecule has 1 saturated heterocycles. The zero-order chi connectivity index (χ0) is 13.4. The summed E-state index contributed by atoms with van der Waals surface area (Å²) in [5.41, 5.74) is 2.80. The minimum absolute atomic E-state index is 0.0459. The van der Waals surface area contributed by atoms with Crippen molar-refractivity contribution in [3.05, 3.63) is 35.4 Å². The Morgan fingerprint density at radius 2 is 2.32 bits per heavy atom. The maximum Gasteiger partial charge on any atom is 0.257 e. The van der Waals surface area contributed by atoms with Crippen molar-refractivity contribution in [1.82, 2.24) is 24.9 Å². The lowest BCUT2D eigenvalue weighted by Gasteiger charge is -2.23. The molecule has 3 heterocycles. The molecular weight excluding hydrogens is 242 g/mol. The highest BCUT2D eigenvalue weighted by Gasteiger charge is 2.32. The lowest BCUT2D eigenvalue weighted by molar-refractivity contribution is 0.0732. The highest BCUT2D eigenvalue weighted by molar-refractivity contribution is 5.94. The molecule has 0 saturated carbocycles. The molecule has 3 rings (SSSR count). The Labute approximate surface area is 111 Å². The van der Waals surface area contributed by atoms with Crippen LogP contribution in [0.15, 0.2) is 18.6 Å². The summed E-state index contributed by atoms with van der Waals surface area (Å²) >= 11 is 0. The molecule has 1 amide bonds. The Bertz CT molecular complexity index is 600. The first-order valence-electron chi connectivity index (χ1n) is 6.46. The molecule has 100 valence electrons. The number of hydrogen-bond donors (Lipinski definition) is 1. The molecule has 6 nitrogen and oxygen atoms in total. The van der Waals surface area contributed by atoms with Crippen molar-refractivity contribution in [3.8, 4) is 0 Å². The van der Waals surface area contributed by atoms with Gasteiger partial charge in [-0.2, -0.15) is 10.2 Å². The van der Waals surface area contributed by atoms with Crippen molar-refractivity contribution in [2.24, 2.45) is 7.05 Å². The summed E-state index contributed by atoms with van der Waals surface area (Å²) in [4.78, 5) is 14.4. The minimum Gasteiger partial charge on any atom is -0.330 e. The van der Waals surface area contributed by atoms with E-state index in [9.17, 15) is 4.79 Å². The lowest BCUT2D eigenvalue weighted by atomic mass is 10.1. The van der Waals surface area contributed by atoms with Crippen molar-refractivity contribution < 1.29 is 4.79 Å². The Hall–Kier alpha value is -2.11. The van der Waals surface area contributed by atoms with Gasteiger partial charge in [0.05, 0.1) is 29.7 Å². The molecule has 1 fully saturated rings. The van der Waals surface area contributed by atoms with Crippen LogP contribution < -0.4 is 0 Å². The summed E-state index contributed by atoms with van der Waals surface area (Å²) in [5, 5.41) is 11.1. The SMILES string of the molecule is Cc1cn[nH]c1[C@@H]1CCCN1C(=O)c1cnn(C)c1. The number of rotatable bonds is 2. The zero-order valence-electron chi connectivity index (χ0n) is 11.1. The van der Waals surface area contributed by atoms with E-state index in [1.165, 1.54) is 0 Å². The van der Waals surface area contributed by atoms with Gasteiger partial charge in [0.1, 0.15) is 0 Å². The van der Waals surface area contributed by atoms with Gasteiger partial charge < -0.3 is 4.90 Å². The molecule has 0 spiro atoms. The van der Waals surface area contributed by atoms with Gasteiger partial charge in [0.2, 0.25) is 0 Å². The predicted molar refractivity (Wildman–Crippen MR) is 69.5 cm³/mol. The molecule has 6 heteroatoms. The minimum atomic E-state index is 0.0459. The molecular formula is C13H17N5O. The van der Waals surface area contributed by atoms with E-state index in [2.05, 4.69) is 15.3 Å². The molecule has 1 aliphatic rings. The number of aromatic nitrogens is 4. The van der Waals surface area contributed by atoms with Gasteiger partial charge in [-0.1, -0.05) is 0 Å². The standard InChI is InChI=1S/C13H17N5O/c1-9-6-14-16-12(9)11-4-3-5-18(11)13(19)10-7-15-17(2)8-10/h6-8,11H,3-5H2,1-2H3,(H,14,16)/t11-/m0/s1. The third-order valence-corrected chi connectivity index (χ3v) is 3.67. The highest BCUT2D eigenvalue weighted by atomic mass is 16.2. The summed E-state index contributed by atoms with van der Waals surface area (Å²) in [6.07, 6.45) is 7.19. The Kier molecular flexibility index (Phi) is 2.85. The molecule has 19 heavy (non-hydrogen) atoms. The van der Waals surface area contributed by atoms with Crippen LogP contribution in [-0.4, -0.2) is 37.3 Å². The Morgan fingerprint density at radius 3 is 2.95 bits per heavy atom. The van der Waals surface area contributed by atoms with Crippen LogP contribution in [0.1, 0.15) is 40.5 Å². The third-order valence-electron chi connectivity index (χ3n) is 3.67. The quantitative estimate of drug-likeness (QED) is 0.887. The van der Waals surface area contributed by atoms with Crippen molar-refractivity contribution in [3.63, 3.8) is 0 Å². The van der Waals surface area contributed by atoms with E-state index in [-0.39, 0.29) is 11.9 Å². The van der Waals surface area contributed by atoms with Crippen molar-refractivity contribution >= 4 is 5.91 Å². The maximum absolute atomic E-state index is 12.5. The van der Waals surface area contributed by atoms with Crippen LogP contribution in [0.25, 0.3) is 0 Å². The molecule has 0 aliphatic carbocycles. The number of aromatic amines is 1. The number of hydrogen-bond acceptors (Lipinski definition) is 3. The summed E-state index contributed by atoms with van der Waals surface area (Å²) in [6, 6.07) is 0.107. The average molecular weight is 259 g/mol. The van der Waals surface area contributed by atoms with Gasteiger partial charge in [-0.25, -0.2) is 0 Å². The summed E-state index contributed by atoms with van der Waals surface area (Å²) in [5.74, 6) is 0.0459. The van der Waals surface area contributed by atoms with E-state index in [4.69, 9.17) is 0 Å². The number of carbonyl (C=O) groups is 1. The average Bonchev–Trinajstić information content (AvgIpc) is 3.07. The van der Waals surface area contributed by atoms with E-state index < -0.39 is 0 Å². The zero-order valence-corrected chi connectivity index (χ0v) is 11.1. The number of nitrogens with one attached hydrogen (secondary N) is 1. The smallest absolute Gasteiger partial charge is 0.257 e. The van der Waals surface area contributed by atoms with Gasteiger partial charge in [0, 0.05) is 19.8 Å². The number of nitrogens with zero attached hydrogens (tertiary/aromatic N) is 4. The van der Waals surface area contributed by atoms with Crippen molar-refractivity contribution in [2.45, 2.75) is 25.8 Å². The fraction of sp³-hybridized carbons (Fsp3) is 0.462. The van der Waals surface area contributed by atoms with Crippen LogP contribution in [-0.2, 0) is 7.05 Å². The van der Waals surface area contributed by atoms with Gasteiger partial charge in [-0.3, -0.25) is 14.6 Å².